The van der Waals surface area contributed by atoms with Gasteiger partial charge >= 0.3 is 0 Å². The van der Waals surface area contributed by atoms with Crippen LogP contribution < -0.4 is 20.5 Å². The number of rotatable bonds is 7. The summed E-state index contributed by atoms with van der Waals surface area (Å²) in [6, 6.07) is 4.80. The van der Waals surface area contributed by atoms with E-state index in [0.29, 0.717) is 18.0 Å². The maximum Gasteiger partial charge on any atom is 0.239 e. The number of amides is 1. The van der Waals surface area contributed by atoms with Gasteiger partial charge in [-0.3, -0.25) is 4.79 Å². The standard InChI is InChI=1S/C13H20N2O4.ClH/c1-17-8-10(14)13(16)15-7-9-5-4-6-11(18-2)12(9)19-3;/h4-6,10H,7-8,14H2,1-3H3,(H,15,16);1H. The molecule has 0 aliphatic rings. The van der Waals surface area contributed by atoms with Crippen LogP contribution in [0.2, 0.25) is 0 Å². The summed E-state index contributed by atoms with van der Waals surface area (Å²) >= 11 is 0. The van der Waals surface area contributed by atoms with Crippen LogP contribution in [0.25, 0.3) is 0 Å². The van der Waals surface area contributed by atoms with Gasteiger partial charge in [-0.15, -0.1) is 12.4 Å². The highest BCUT2D eigenvalue weighted by Crippen LogP contribution is 2.30. The van der Waals surface area contributed by atoms with Gasteiger partial charge in [0.05, 0.1) is 20.8 Å². The monoisotopic (exact) mass is 304 g/mol. The molecule has 3 N–H and O–H groups in total. The van der Waals surface area contributed by atoms with Gasteiger partial charge in [0.25, 0.3) is 0 Å². The van der Waals surface area contributed by atoms with Gasteiger partial charge < -0.3 is 25.3 Å². The lowest BCUT2D eigenvalue weighted by Crippen LogP contribution is -2.43. The highest BCUT2D eigenvalue weighted by molar-refractivity contribution is 5.85. The molecule has 0 aliphatic heterocycles. The summed E-state index contributed by atoms with van der Waals surface area (Å²) in [4.78, 5) is 11.7. The molecule has 114 valence electrons. The van der Waals surface area contributed by atoms with E-state index in [4.69, 9.17) is 19.9 Å². The number of para-hydroxylation sites is 1. The van der Waals surface area contributed by atoms with Crippen molar-refractivity contribution < 1.29 is 19.0 Å². The minimum atomic E-state index is -0.679. The largest absolute Gasteiger partial charge is 0.493 e. The first-order valence-corrected chi connectivity index (χ1v) is 5.86. The summed E-state index contributed by atoms with van der Waals surface area (Å²) < 4.78 is 15.3. The average molecular weight is 305 g/mol. The van der Waals surface area contributed by atoms with E-state index in [9.17, 15) is 4.79 Å². The summed E-state index contributed by atoms with van der Waals surface area (Å²) in [5.41, 5.74) is 6.44. The lowest BCUT2D eigenvalue weighted by Gasteiger charge is -2.15. The first-order valence-electron chi connectivity index (χ1n) is 5.86. The Morgan fingerprint density at radius 2 is 2.00 bits per heavy atom. The van der Waals surface area contributed by atoms with Crippen LogP contribution in [0.3, 0.4) is 0 Å². The van der Waals surface area contributed by atoms with Crippen molar-refractivity contribution in [1.29, 1.82) is 0 Å². The number of nitrogens with two attached hydrogens (primary N) is 1. The zero-order valence-corrected chi connectivity index (χ0v) is 12.7. The highest BCUT2D eigenvalue weighted by Gasteiger charge is 2.14. The van der Waals surface area contributed by atoms with Crippen LogP contribution in [-0.2, 0) is 16.1 Å². The average Bonchev–Trinajstić information content (AvgIpc) is 2.44. The molecule has 20 heavy (non-hydrogen) atoms. The summed E-state index contributed by atoms with van der Waals surface area (Å²) in [6.45, 7) is 0.498. The van der Waals surface area contributed by atoms with Crippen LogP contribution in [0.4, 0.5) is 0 Å². The Morgan fingerprint density at radius 1 is 1.30 bits per heavy atom. The van der Waals surface area contributed by atoms with Crippen LogP contribution >= 0.6 is 12.4 Å². The van der Waals surface area contributed by atoms with Crippen LogP contribution in [-0.4, -0.2) is 39.9 Å². The van der Waals surface area contributed by atoms with Crippen molar-refractivity contribution in [2.24, 2.45) is 5.73 Å². The second kappa shape index (κ2) is 9.41. The first kappa shape index (κ1) is 18.5. The molecule has 1 amide bonds. The molecule has 0 saturated heterocycles. The molecular weight excluding hydrogens is 284 g/mol. The number of ether oxygens (including phenoxy) is 3. The van der Waals surface area contributed by atoms with E-state index in [-0.39, 0.29) is 24.9 Å². The number of hydrogen-bond acceptors (Lipinski definition) is 5. The zero-order chi connectivity index (χ0) is 14.3. The van der Waals surface area contributed by atoms with Gasteiger partial charge in [-0.1, -0.05) is 12.1 Å². The SMILES string of the molecule is COCC(N)C(=O)NCc1cccc(OC)c1OC.Cl. The lowest BCUT2D eigenvalue weighted by molar-refractivity contribution is -0.123. The minimum Gasteiger partial charge on any atom is -0.493 e. The van der Waals surface area contributed by atoms with Gasteiger partial charge in [-0.05, 0) is 6.07 Å². The van der Waals surface area contributed by atoms with E-state index < -0.39 is 6.04 Å². The third kappa shape index (κ3) is 4.88. The molecule has 0 heterocycles. The van der Waals surface area contributed by atoms with E-state index >= 15 is 0 Å². The molecule has 0 radical (unpaired) electrons. The molecule has 1 aromatic carbocycles. The predicted molar refractivity (Wildman–Crippen MR) is 78.5 cm³/mol. The molecule has 0 aliphatic carbocycles. The van der Waals surface area contributed by atoms with Gasteiger partial charge in [-0.2, -0.15) is 0 Å². The number of halogens is 1. The lowest BCUT2D eigenvalue weighted by atomic mass is 10.1. The first-order chi connectivity index (χ1) is 9.13. The van der Waals surface area contributed by atoms with E-state index in [1.165, 1.54) is 7.11 Å². The van der Waals surface area contributed by atoms with Crippen LogP contribution in [0.15, 0.2) is 18.2 Å². The molecule has 1 rings (SSSR count). The van der Waals surface area contributed by atoms with Crippen molar-refractivity contribution >= 4 is 18.3 Å². The molecular formula is C13H21ClN2O4. The number of carbonyl (C=O) groups excluding carboxylic acids is 1. The fraction of sp³-hybridized carbons (Fsp3) is 0.462. The molecule has 0 fully saturated rings. The molecule has 0 saturated carbocycles. The predicted octanol–water partition coefficient (Wildman–Crippen LogP) is 0.716. The van der Waals surface area contributed by atoms with Crippen LogP contribution in [0.5, 0.6) is 11.5 Å². The Labute approximate surface area is 125 Å². The second-order valence-corrected chi connectivity index (χ2v) is 3.93. The second-order valence-electron chi connectivity index (χ2n) is 3.93. The van der Waals surface area contributed by atoms with E-state index in [1.807, 2.05) is 12.1 Å². The zero-order valence-electron chi connectivity index (χ0n) is 11.8. The summed E-state index contributed by atoms with van der Waals surface area (Å²) in [5.74, 6) is 0.952. The highest BCUT2D eigenvalue weighted by atomic mass is 35.5. The van der Waals surface area contributed by atoms with Crippen molar-refractivity contribution in [3.8, 4) is 11.5 Å². The maximum absolute atomic E-state index is 11.7. The fourth-order valence-electron chi connectivity index (χ4n) is 1.66. The molecule has 1 aromatic rings. The third-order valence-corrected chi connectivity index (χ3v) is 2.62. The van der Waals surface area contributed by atoms with Crippen molar-refractivity contribution in [2.45, 2.75) is 12.6 Å². The van der Waals surface area contributed by atoms with Crippen LogP contribution in [0.1, 0.15) is 5.56 Å². The van der Waals surface area contributed by atoms with Crippen molar-refractivity contribution in [2.75, 3.05) is 27.9 Å². The van der Waals surface area contributed by atoms with E-state index in [1.54, 1.807) is 20.3 Å². The fourth-order valence-corrected chi connectivity index (χ4v) is 1.66. The van der Waals surface area contributed by atoms with Crippen molar-refractivity contribution in [3.05, 3.63) is 23.8 Å². The molecule has 0 aromatic heterocycles. The Kier molecular flexibility index (Phi) is 8.71. The maximum atomic E-state index is 11.7. The van der Waals surface area contributed by atoms with Crippen molar-refractivity contribution in [3.63, 3.8) is 0 Å². The minimum absolute atomic E-state index is 0. The van der Waals surface area contributed by atoms with E-state index in [0.717, 1.165) is 5.56 Å². The van der Waals surface area contributed by atoms with Gasteiger partial charge in [0.2, 0.25) is 5.91 Å². The van der Waals surface area contributed by atoms with Gasteiger partial charge in [0.1, 0.15) is 6.04 Å². The topological polar surface area (TPSA) is 82.8 Å². The number of benzene rings is 1. The molecule has 1 atom stereocenters. The summed E-state index contributed by atoms with van der Waals surface area (Å²) in [6.07, 6.45) is 0. The smallest absolute Gasteiger partial charge is 0.239 e. The molecule has 0 bridgehead atoms. The molecule has 6 nitrogen and oxygen atoms in total. The Balaban J connectivity index is 0.00000361. The Hall–Kier alpha value is -1.50. The number of hydrogen-bond donors (Lipinski definition) is 2. The Bertz CT molecular complexity index is 429. The molecule has 1 unspecified atom stereocenters. The summed E-state index contributed by atoms with van der Waals surface area (Å²) in [5, 5.41) is 2.73. The number of carbonyl (C=O) groups is 1. The number of nitrogens with one attached hydrogen (secondary N) is 1. The van der Waals surface area contributed by atoms with Crippen molar-refractivity contribution in [1.82, 2.24) is 5.32 Å². The third-order valence-electron chi connectivity index (χ3n) is 2.62. The van der Waals surface area contributed by atoms with Gasteiger partial charge in [-0.25, -0.2) is 0 Å². The molecule has 7 heteroatoms. The van der Waals surface area contributed by atoms with Gasteiger partial charge in [0, 0.05) is 19.2 Å². The quantitative estimate of drug-likeness (QED) is 0.775. The van der Waals surface area contributed by atoms with Crippen LogP contribution in [0, 0.1) is 0 Å². The molecule has 0 spiro atoms. The Morgan fingerprint density at radius 3 is 2.55 bits per heavy atom. The summed E-state index contributed by atoms with van der Waals surface area (Å²) in [7, 11) is 4.62. The van der Waals surface area contributed by atoms with E-state index in [2.05, 4.69) is 5.32 Å². The normalized spacial score (nSPS) is 11.2. The number of methoxy groups -OCH3 is 3. The van der Waals surface area contributed by atoms with Gasteiger partial charge in [0.15, 0.2) is 11.5 Å².